The molecule has 1 N–H and O–H groups in total. The van der Waals surface area contributed by atoms with E-state index >= 15 is 0 Å². The molecule has 0 bridgehead atoms. The Morgan fingerprint density at radius 1 is 1.16 bits per heavy atom. The molecular weight excluding hydrogens is 394 g/mol. The number of aromatic nitrogens is 4. The third kappa shape index (κ3) is 3.85. The Hall–Kier alpha value is -3.78. The summed E-state index contributed by atoms with van der Waals surface area (Å²) in [6.45, 7) is 1.31. The molecule has 5 rings (SSSR count). The first-order chi connectivity index (χ1) is 15.2. The molecule has 156 valence electrons. The molecule has 1 fully saturated rings. The van der Waals surface area contributed by atoms with Crippen LogP contribution in [0.2, 0.25) is 0 Å². The van der Waals surface area contributed by atoms with Gasteiger partial charge in [-0.2, -0.15) is 9.78 Å². The molecule has 3 aliphatic heterocycles. The van der Waals surface area contributed by atoms with Gasteiger partial charge in [-0.05, 0) is 37.1 Å². The van der Waals surface area contributed by atoms with Crippen LogP contribution in [0.4, 0.5) is 5.69 Å². The van der Waals surface area contributed by atoms with E-state index in [1.54, 1.807) is 36.9 Å². The fraction of sp³-hybridized carbons (Fsp3) is 0.217. The Morgan fingerprint density at radius 2 is 2.03 bits per heavy atom. The summed E-state index contributed by atoms with van der Waals surface area (Å²) in [5, 5.41) is 7.34. The van der Waals surface area contributed by atoms with E-state index in [4.69, 9.17) is 4.74 Å². The van der Waals surface area contributed by atoms with Gasteiger partial charge in [-0.1, -0.05) is 18.2 Å². The van der Waals surface area contributed by atoms with Gasteiger partial charge in [0.2, 0.25) is 0 Å². The predicted octanol–water partition coefficient (Wildman–Crippen LogP) is 2.97. The monoisotopic (exact) mass is 415 g/mol. The minimum Gasteiger partial charge on any atom is -0.376 e. The zero-order valence-corrected chi connectivity index (χ0v) is 16.8. The molecule has 2 aromatic rings. The molecule has 0 saturated carbocycles. The number of fused-ring (bicyclic) bond motifs is 1. The van der Waals surface area contributed by atoms with Crippen LogP contribution in [0, 0.1) is 0 Å². The maximum atomic E-state index is 13.2. The fourth-order valence-corrected chi connectivity index (χ4v) is 3.83. The number of para-hydroxylation sites is 1. The van der Waals surface area contributed by atoms with Gasteiger partial charge >= 0.3 is 0 Å². The molecule has 3 aliphatic rings. The van der Waals surface area contributed by atoms with E-state index in [1.807, 2.05) is 34.9 Å². The number of nitrogens with one attached hydrogen (secondary N) is 1. The van der Waals surface area contributed by atoms with Crippen molar-refractivity contribution in [3.05, 3.63) is 83.2 Å². The summed E-state index contributed by atoms with van der Waals surface area (Å²) in [6.07, 6.45) is 8.73. The van der Waals surface area contributed by atoms with Crippen LogP contribution in [-0.2, 0) is 11.3 Å². The van der Waals surface area contributed by atoms with Gasteiger partial charge in [0.05, 0.1) is 34.8 Å². The number of hydrogen-bond donors (Lipinski definition) is 1. The normalized spacial score (nSPS) is 15.9. The highest BCUT2D eigenvalue weighted by Crippen LogP contribution is 2.24. The second-order valence-corrected chi connectivity index (χ2v) is 7.51. The highest BCUT2D eigenvalue weighted by molar-refractivity contribution is 6.08. The Balaban J connectivity index is 1.60. The summed E-state index contributed by atoms with van der Waals surface area (Å²) >= 11 is 0. The van der Waals surface area contributed by atoms with Crippen LogP contribution in [0.3, 0.4) is 0 Å². The van der Waals surface area contributed by atoms with Crippen LogP contribution >= 0.6 is 0 Å². The first-order valence-electron chi connectivity index (χ1n) is 10.2. The third-order valence-corrected chi connectivity index (χ3v) is 5.33. The van der Waals surface area contributed by atoms with E-state index in [-0.39, 0.29) is 17.6 Å². The standard InChI is InChI=1S/C23H21N5O3/c29-22(25-16-6-4-10-24-12-16)19-14-27(13-18-9-5-11-31-18)15-20-21(19)26-28(23(20)30)17-7-2-1-3-8-17/h1-4,6-8,10,12,14-15,18H,5,9,11,13H2,(H,25,29). The zero-order chi connectivity index (χ0) is 21.2. The quantitative estimate of drug-likeness (QED) is 0.541. The second kappa shape index (κ2) is 8.16. The first kappa shape index (κ1) is 19.2. The van der Waals surface area contributed by atoms with Gasteiger partial charge in [-0.3, -0.25) is 14.6 Å². The highest BCUT2D eigenvalue weighted by atomic mass is 16.5. The van der Waals surface area contributed by atoms with Gasteiger partial charge in [-0.15, -0.1) is 0 Å². The maximum Gasteiger partial charge on any atom is 0.282 e. The number of pyridine rings is 2. The molecule has 1 atom stereocenters. The summed E-state index contributed by atoms with van der Waals surface area (Å²) in [7, 11) is 0. The summed E-state index contributed by atoms with van der Waals surface area (Å²) in [5.41, 5.74) is 2.02. The molecule has 0 aliphatic carbocycles. The number of amides is 1. The smallest absolute Gasteiger partial charge is 0.282 e. The lowest BCUT2D eigenvalue weighted by molar-refractivity contribution is 0.0961. The highest BCUT2D eigenvalue weighted by Gasteiger charge is 2.26. The molecule has 0 radical (unpaired) electrons. The second-order valence-electron chi connectivity index (χ2n) is 7.51. The molecule has 1 aromatic carbocycles. The molecule has 1 saturated heterocycles. The Kier molecular flexibility index (Phi) is 5.05. The lowest BCUT2D eigenvalue weighted by atomic mass is 10.1. The van der Waals surface area contributed by atoms with Gasteiger partial charge in [0, 0.05) is 31.7 Å². The van der Waals surface area contributed by atoms with Crippen LogP contribution in [0.5, 0.6) is 0 Å². The number of carbonyl (C=O) groups excluding carboxylic acids is 1. The minimum atomic E-state index is -0.350. The summed E-state index contributed by atoms with van der Waals surface area (Å²) in [4.78, 5) is 30.3. The van der Waals surface area contributed by atoms with Gasteiger partial charge in [0.15, 0.2) is 0 Å². The van der Waals surface area contributed by atoms with Crippen LogP contribution in [-0.4, -0.2) is 37.9 Å². The van der Waals surface area contributed by atoms with Crippen LogP contribution in [0.25, 0.3) is 16.9 Å². The number of ether oxygens (including phenoxy) is 1. The van der Waals surface area contributed by atoms with E-state index in [0.29, 0.717) is 34.7 Å². The van der Waals surface area contributed by atoms with E-state index < -0.39 is 0 Å². The summed E-state index contributed by atoms with van der Waals surface area (Å²) < 4.78 is 8.93. The number of nitrogens with zero attached hydrogens (tertiary/aromatic N) is 4. The van der Waals surface area contributed by atoms with E-state index in [2.05, 4.69) is 15.4 Å². The zero-order valence-electron chi connectivity index (χ0n) is 16.8. The van der Waals surface area contributed by atoms with Crippen molar-refractivity contribution in [2.75, 3.05) is 11.9 Å². The van der Waals surface area contributed by atoms with Crippen LogP contribution in [0.1, 0.15) is 23.2 Å². The van der Waals surface area contributed by atoms with Crippen molar-refractivity contribution in [2.24, 2.45) is 0 Å². The van der Waals surface area contributed by atoms with E-state index in [9.17, 15) is 9.59 Å². The van der Waals surface area contributed by atoms with Crippen molar-refractivity contribution >= 4 is 11.6 Å². The fourth-order valence-electron chi connectivity index (χ4n) is 3.83. The molecular formula is C23H21N5O3. The molecule has 0 spiro atoms. The van der Waals surface area contributed by atoms with Crippen LogP contribution < -0.4 is 10.9 Å². The average molecular weight is 415 g/mol. The summed E-state index contributed by atoms with van der Waals surface area (Å²) in [6, 6.07) is 12.7. The third-order valence-electron chi connectivity index (χ3n) is 5.33. The number of benzene rings is 1. The number of anilines is 1. The summed E-state index contributed by atoms with van der Waals surface area (Å²) in [5.74, 6) is -0.350. The van der Waals surface area contributed by atoms with Crippen molar-refractivity contribution in [1.29, 1.82) is 0 Å². The van der Waals surface area contributed by atoms with E-state index in [1.165, 1.54) is 4.68 Å². The molecule has 1 aromatic heterocycles. The molecule has 1 unspecified atom stereocenters. The molecule has 4 heterocycles. The Labute approximate surface area is 178 Å². The molecule has 8 nitrogen and oxygen atoms in total. The predicted molar refractivity (Wildman–Crippen MR) is 116 cm³/mol. The first-order valence-corrected chi connectivity index (χ1v) is 10.2. The van der Waals surface area contributed by atoms with Gasteiger partial charge < -0.3 is 14.6 Å². The van der Waals surface area contributed by atoms with Crippen molar-refractivity contribution in [3.63, 3.8) is 0 Å². The number of carbonyl (C=O) groups is 1. The van der Waals surface area contributed by atoms with Crippen molar-refractivity contribution in [2.45, 2.75) is 25.5 Å². The average Bonchev–Trinajstić information content (AvgIpc) is 3.43. The Morgan fingerprint density at radius 3 is 2.77 bits per heavy atom. The lowest BCUT2D eigenvalue weighted by Crippen LogP contribution is -2.20. The van der Waals surface area contributed by atoms with Crippen molar-refractivity contribution in [3.8, 4) is 16.9 Å². The van der Waals surface area contributed by atoms with Crippen molar-refractivity contribution < 1.29 is 9.53 Å². The van der Waals surface area contributed by atoms with Gasteiger partial charge in [-0.25, -0.2) is 0 Å². The topological polar surface area (TPSA) is 91.0 Å². The van der Waals surface area contributed by atoms with Gasteiger partial charge in [0.25, 0.3) is 11.5 Å². The van der Waals surface area contributed by atoms with E-state index in [0.717, 1.165) is 19.4 Å². The number of rotatable bonds is 5. The largest absolute Gasteiger partial charge is 0.376 e. The van der Waals surface area contributed by atoms with Crippen molar-refractivity contribution in [1.82, 2.24) is 19.3 Å². The molecule has 1 amide bonds. The number of hydrogen-bond acceptors (Lipinski definition) is 5. The molecule has 31 heavy (non-hydrogen) atoms. The minimum absolute atomic E-state index is 0.0657. The Bertz CT molecular complexity index is 1230. The SMILES string of the molecule is O=C(Nc1cccnc1)c1cn(CC2CCCO2)cc2c(=O)n(-c3ccccc3)nc1-2. The maximum absolute atomic E-state index is 13.2. The lowest BCUT2D eigenvalue weighted by Gasteiger charge is -2.16. The van der Waals surface area contributed by atoms with Crippen LogP contribution in [0.15, 0.2) is 72.0 Å². The van der Waals surface area contributed by atoms with Gasteiger partial charge in [0.1, 0.15) is 5.69 Å². The molecule has 8 heteroatoms.